The van der Waals surface area contributed by atoms with Crippen LogP contribution in [0.4, 0.5) is 24.5 Å². The van der Waals surface area contributed by atoms with Gasteiger partial charge < -0.3 is 5.73 Å². The Hall–Kier alpha value is -1.74. The van der Waals surface area contributed by atoms with Crippen molar-refractivity contribution in [2.24, 2.45) is 0 Å². The molecule has 2 aromatic rings. The van der Waals surface area contributed by atoms with Gasteiger partial charge in [0.2, 0.25) is 0 Å². The van der Waals surface area contributed by atoms with Crippen LogP contribution in [-0.4, -0.2) is 8.42 Å². The maximum absolute atomic E-state index is 13.5. The molecular formula is C12H8BrF3N2O2S. The average Bonchev–Trinajstić information content (AvgIpc) is 2.38. The number of sulfonamides is 1. The van der Waals surface area contributed by atoms with Crippen molar-refractivity contribution in [2.75, 3.05) is 10.5 Å². The molecule has 0 aliphatic heterocycles. The van der Waals surface area contributed by atoms with Crippen molar-refractivity contribution in [1.82, 2.24) is 0 Å². The highest BCUT2D eigenvalue weighted by Crippen LogP contribution is 2.29. The van der Waals surface area contributed by atoms with Gasteiger partial charge in [-0.2, -0.15) is 0 Å². The summed E-state index contributed by atoms with van der Waals surface area (Å²) in [4.78, 5) is -0.441. The summed E-state index contributed by atoms with van der Waals surface area (Å²) in [6.45, 7) is 0. The molecule has 2 aromatic carbocycles. The summed E-state index contributed by atoms with van der Waals surface area (Å²) in [5, 5.41) is 0. The molecule has 2 rings (SSSR count). The summed E-state index contributed by atoms with van der Waals surface area (Å²) in [6, 6.07) is 4.58. The predicted octanol–water partition coefficient (Wildman–Crippen LogP) is 3.25. The smallest absolute Gasteiger partial charge is 0.263 e. The van der Waals surface area contributed by atoms with E-state index in [-0.39, 0.29) is 4.47 Å². The van der Waals surface area contributed by atoms with Gasteiger partial charge in [-0.05, 0) is 40.2 Å². The molecule has 0 amide bonds. The van der Waals surface area contributed by atoms with E-state index in [4.69, 9.17) is 5.73 Å². The van der Waals surface area contributed by atoms with E-state index in [0.29, 0.717) is 0 Å². The van der Waals surface area contributed by atoms with Crippen LogP contribution < -0.4 is 10.5 Å². The third-order valence-electron chi connectivity index (χ3n) is 2.54. The Morgan fingerprint density at radius 2 is 1.62 bits per heavy atom. The third-order valence-corrected chi connectivity index (χ3v) is 4.85. The molecule has 0 saturated heterocycles. The number of nitrogens with one attached hydrogen (secondary N) is 1. The minimum Gasteiger partial charge on any atom is -0.396 e. The van der Waals surface area contributed by atoms with Crippen LogP contribution in [0.5, 0.6) is 0 Å². The molecular weight excluding hydrogens is 373 g/mol. The van der Waals surface area contributed by atoms with E-state index in [1.807, 2.05) is 0 Å². The zero-order valence-electron chi connectivity index (χ0n) is 10.2. The van der Waals surface area contributed by atoms with Gasteiger partial charge >= 0.3 is 0 Å². The Bertz CT molecular complexity index is 792. The number of hydrogen-bond acceptors (Lipinski definition) is 3. The lowest BCUT2D eigenvalue weighted by atomic mass is 10.3. The quantitative estimate of drug-likeness (QED) is 0.802. The largest absolute Gasteiger partial charge is 0.396 e. The normalized spacial score (nSPS) is 11.4. The Balaban J connectivity index is 2.51. The van der Waals surface area contributed by atoms with Crippen molar-refractivity contribution >= 4 is 37.3 Å². The lowest BCUT2D eigenvalue weighted by molar-refractivity contribution is 0.582. The SMILES string of the molecule is Nc1cc(S(=O)(=O)Nc2c(F)cccc2F)c(Br)cc1F. The molecule has 3 N–H and O–H groups in total. The predicted molar refractivity (Wildman–Crippen MR) is 75.7 cm³/mol. The van der Waals surface area contributed by atoms with E-state index in [0.717, 1.165) is 30.3 Å². The number of nitrogen functional groups attached to an aromatic ring is 1. The molecule has 112 valence electrons. The molecule has 0 aliphatic carbocycles. The molecule has 0 aromatic heterocycles. The first-order chi connectivity index (χ1) is 9.72. The van der Waals surface area contributed by atoms with Gasteiger partial charge in [-0.15, -0.1) is 0 Å². The van der Waals surface area contributed by atoms with Gasteiger partial charge in [-0.3, -0.25) is 4.72 Å². The highest BCUT2D eigenvalue weighted by atomic mass is 79.9. The first kappa shape index (κ1) is 15.6. The highest BCUT2D eigenvalue weighted by Gasteiger charge is 2.23. The number of rotatable bonds is 3. The molecule has 0 aliphatic rings. The lowest BCUT2D eigenvalue weighted by Crippen LogP contribution is -2.16. The van der Waals surface area contributed by atoms with Crippen LogP contribution in [0.25, 0.3) is 0 Å². The van der Waals surface area contributed by atoms with Gasteiger partial charge in [0, 0.05) is 4.47 Å². The monoisotopic (exact) mass is 380 g/mol. The number of halogens is 4. The van der Waals surface area contributed by atoms with Crippen molar-refractivity contribution in [3.8, 4) is 0 Å². The fourth-order valence-electron chi connectivity index (χ4n) is 1.54. The molecule has 0 heterocycles. The van der Waals surface area contributed by atoms with Gasteiger partial charge in [0.05, 0.1) is 5.69 Å². The van der Waals surface area contributed by atoms with Gasteiger partial charge in [-0.1, -0.05) is 6.07 Å². The van der Waals surface area contributed by atoms with Crippen molar-refractivity contribution in [2.45, 2.75) is 4.90 Å². The molecule has 0 radical (unpaired) electrons. The van der Waals surface area contributed by atoms with Crippen molar-refractivity contribution in [3.63, 3.8) is 0 Å². The summed E-state index contributed by atoms with van der Waals surface area (Å²) in [5.74, 6) is -2.98. The number of anilines is 2. The van der Waals surface area contributed by atoms with Crippen molar-refractivity contribution in [1.29, 1.82) is 0 Å². The minimum absolute atomic E-state index is 0.126. The minimum atomic E-state index is -4.35. The molecule has 9 heteroatoms. The van der Waals surface area contributed by atoms with E-state index in [2.05, 4.69) is 15.9 Å². The maximum Gasteiger partial charge on any atom is 0.263 e. The fourth-order valence-corrected chi connectivity index (χ4v) is 3.66. The molecule has 0 spiro atoms. The van der Waals surface area contributed by atoms with E-state index >= 15 is 0 Å². The Morgan fingerprint density at radius 1 is 1.05 bits per heavy atom. The van der Waals surface area contributed by atoms with Crippen LogP contribution in [0, 0.1) is 17.5 Å². The second kappa shape index (κ2) is 5.57. The number of benzene rings is 2. The van der Waals surface area contributed by atoms with E-state index in [1.165, 1.54) is 0 Å². The van der Waals surface area contributed by atoms with Gasteiger partial charge in [0.25, 0.3) is 10.0 Å². The van der Waals surface area contributed by atoms with E-state index < -0.39 is 43.7 Å². The van der Waals surface area contributed by atoms with Crippen LogP contribution in [0.3, 0.4) is 0 Å². The number of hydrogen-bond donors (Lipinski definition) is 2. The van der Waals surface area contributed by atoms with E-state index in [9.17, 15) is 21.6 Å². The van der Waals surface area contributed by atoms with Gasteiger partial charge in [0.1, 0.15) is 28.0 Å². The van der Waals surface area contributed by atoms with Crippen LogP contribution in [0.15, 0.2) is 39.7 Å². The molecule has 0 saturated carbocycles. The van der Waals surface area contributed by atoms with Crippen LogP contribution in [0.2, 0.25) is 0 Å². The Morgan fingerprint density at radius 3 is 2.19 bits per heavy atom. The molecule has 0 unspecified atom stereocenters. The first-order valence-electron chi connectivity index (χ1n) is 5.43. The highest BCUT2D eigenvalue weighted by molar-refractivity contribution is 9.10. The Kier molecular flexibility index (Phi) is 4.15. The molecule has 0 bridgehead atoms. The summed E-state index contributed by atoms with van der Waals surface area (Å²) in [7, 11) is -4.35. The summed E-state index contributed by atoms with van der Waals surface area (Å²) >= 11 is 2.87. The topological polar surface area (TPSA) is 72.2 Å². The van der Waals surface area contributed by atoms with Gasteiger partial charge in [-0.25, -0.2) is 21.6 Å². The molecule has 21 heavy (non-hydrogen) atoms. The number of nitrogens with two attached hydrogens (primary N) is 1. The maximum atomic E-state index is 13.5. The molecule has 0 fully saturated rings. The second-order valence-electron chi connectivity index (χ2n) is 4.01. The van der Waals surface area contributed by atoms with Crippen molar-refractivity contribution < 1.29 is 21.6 Å². The molecule has 4 nitrogen and oxygen atoms in total. The summed E-state index contributed by atoms with van der Waals surface area (Å²) in [5.41, 5.74) is 4.07. The summed E-state index contributed by atoms with van der Waals surface area (Å²) in [6.07, 6.45) is 0. The zero-order chi connectivity index (χ0) is 15.8. The first-order valence-corrected chi connectivity index (χ1v) is 7.71. The fraction of sp³-hybridized carbons (Fsp3) is 0. The third kappa shape index (κ3) is 3.13. The zero-order valence-corrected chi connectivity index (χ0v) is 12.6. The van der Waals surface area contributed by atoms with Crippen LogP contribution >= 0.6 is 15.9 Å². The van der Waals surface area contributed by atoms with Crippen LogP contribution in [0.1, 0.15) is 0 Å². The van der Waals surface area contributed by atoms with Crippen LogP contribution in [-0.2, 0) is 10.0 Å². The lowest BCUT2D eigenvalue weighted by Gasteiger charge is -2.12. The Labute approximate surface area is 127 Å². The number of para-hydroxylation sites is 1. The second-order valence-corrected chi connectivity index (χ2v) is 6.51. The summed E-state index contributed by atoms with van der Waals surface area (Å²) < 4.78 is 66.1. The van der Waals surface area contributed by atoms with Crippen molar-refractivity contribution in [3.05, 3.63) is 52.3 Å². The average molecular weight is 381 g/mol. The standard InChI is InChI=1S/C12H8BrF3N2O2S/c13-6-4-9(16)10(17)5-11(6)21(19,20)18-12-7(14)2-1-3-8(12)15/h1-5,18H,17H2. The van der Waals surface area contributed by atoms with Gasteiger partial charge in [0.15, 0.2) is 0 Å². The van der Waals surface area contributed by atoms with E-state index in [1.54, 1.807) is 4.72 Å². The molecule has 0 atom stereocenters.